The molecular weight excluding hydrogens is 290 g/mol. The van der Waals surface area contributed by atoms with E-state index in [0.29, 0.717) is 5.82 Å². The number of aromatic nitrogens is 4. The molecule has 3 aromatic rings. The highest BCUT2D eigenvalue weighted by molar-refractivity contribution is 9.10. The number of nitrogens with zero attached hydrogens (tertiary/aromatic N) is 4. The molecule has 0 bridgehead atoms. The van der Waals surface area contributed by atoms with Crippen molar-refractivity contribution in [2.75, 3.05) is 5.73 Å². The maximum absolute atomic E-state index is 5.56. The molecule has 0 amide bonds. The van der Waals surface area contributed by atoms with Gasteiger partial charge in [0.2, 0.25) is 5.13 Å². The molecule has 80 valence electrons. The van der Waals surface area contributed by atoms with Crippen LogP contribution in [0.15, 0.2) is 29.0 Å². The van der Waals surface area contributed by atoms with Gasteiger partial charge >= 0.3 is 0 Å². The predicted octanol–water partition coefficient (Wildman–Crippen LogP) is 2.22. The Morgan fingerprint density at radius 1 is 1.44 bits per heavy atom. The number of thiazole rings is 1. The number of nitrogens with two attached hydrogens (primary N) is 1. The monoisotopic (exact) mass is 295 g/mol. The summed E-state index contributed by atoms with van der Waals surface area (Å²) in [5, 5.41) is 4.86. The number of hydrogen-bond acceptors (Lipinski definition) is 5. The molecule has 0 saturated carbocycles. The molecule has 0 aliphatic heterocycles. The van der Waals surface area contributed by atoms with Gasteiger partial charge in [-0.2, -0.15) is 0 Å². The molecule has 0 spiro atoms. The number of hydrogen-bond donors (Lipinski definition) is 1. The second kappa shape index (κ2) is 3.53. The maximum atomic E-state index is 5.56. The topological polar surface area (TPSA) is 69.6 Å². The molecule has 16 heavy (non-hydrogen) atoms. The molecule has 0 aliphatic carbocycles. The number of anilines is 1. The molecule has 0 fully saturated rings. The van der Waals surface area contributed by atoms with E-state index in [0.717, 1.165) is 20.0 Å². The summed E-state index contributed by atoms with van der Waals surface area (Å²) in [6.45, 7) is 0. The molecule has 0 radical (unpaired) electrons. The van der Waals surface area contributed by atoms with Gasteiger partial charge in [-0.3, -0.25) is 0 Å². The van der Waals surface area contributed by atoms with Crippen LogP contribution >= 0.6 is 27.3 Å². The van der Waals surface area contributed by atoms with E-state index in [-0.39, 0.29) is 0 Å². The van der Waals surface area contributed by atoms with Crippen molar-refractivity contribution < 1.29 is 0 Å². The van der Waals surface area contributed by atoms with E-state index in [4.69, 9.17) is 5.73 Å². The highest BCUT2D eigenvalue weighted by atomic mass is 79.9. The fraction of sp³-hybridized carbons (Fsp3) is 0. The van der Waals surface area contributed by atoms with Gasteiger partial charge in [0.25, 0.3) is 0 Å². The van der Waals surface area contributed by atoms with Gasteiger partial charge in [-0.15, -0.1) is 5.10 Å². The molecule has 2 N–H and O–H groups in total. The zero-order valence-electron chi connectivity index (χ0n) is 7.96. The summed E-state index contributed by atoms with van der Waals surface area (Å²) in [4.78, 5) is 9.58. The number of rotatable bonds is 1. The van der Waals surface area contributed by atoms with E-state index < -0.39 is 0 Å². The highest BCUT2D eigenvalue weighted by Gasteiger charge is 2.07. The van der Waals surface area contributed by atoms with Crippen molar-refractivity contribution in [1.29, 1.82) is 0 Å². The van der Waals surface area contributed by atoms with E-state index in [1.165, 1.54) is 11.3 Å². The van der Waals surface area contributed by atoms with Crippen molar-refractivity contribution >= 4 is 43.4 Å². The van der Waals surface area contributed by atoms with Gasteiger partial charge in [0.15, 0.2) is 0 Å². The molecule has 3 heterocycles. The molecule has 5 nitrogen and oxygen atoms in total. The second-order valence-corrected chi connectivity index (χ2v) is 5.03. The molecular formula is C9H6BrN5S. The first-order valence-corrected chi connectivity index (χ1v) is 6.07. The van der Waals surface area contributed by atoms with Gasteiger partial charge < -0.3 is 5.73 Å². The summed E-state index contributed by atoms with van der Waals surface area (Å²) in [6, 6.07) is 3.66. The Morgan fingerprint density at radius 2 is 2.31 bits per heavy atom. The van der Waals surface area contributed by atoms with Gasteiger partial charge in [-0.25, -0.2) is 14.6 Å². The van der Waals surface area contributed by atoms with Crippen LogP contribution in [-0.4, -0.2) is 19.7 Å². The van der Waals surface area contributed by atoms with Crippen LogP contribution in [0.1, 0.15) is 0 Å². The number of nitrogen functional groups attached to an aromatic ring is 1. The van der Waals surface area contributed by atoms with Gasteiger partial charge in [-0.05, 0) is 22.0 Å². The van der Waals surface area contributed by atoms with Crippen molar-refractivity contribution in [2.24, 2.45) is 0 Å². The normalized spacial score (nSPS) is 11.1. The van der Waals surface area contributed by atoms with E-state index in [1.807, 2.05) is 6.07 Å². The third-order valence-electron chi connectivity index (χ3n) is 2.01. The Kier molecular flexibility index (Phi) is 2.15. The number of halogens is 1. The summed E-state index contributed by atoms with van der Waals surface area (Å²) in [5.74, 6) is 0.480. The SMILES string of the molecule is Nc1ccn(-c2nc3cc(Br)cnc3s2)n1. The smallest absolute Gasteiger partial charge is 0.212 e. The van der Waals surface area contributed by atoms with Crippen molar-refractivity contribution in [2.45, 2.75) is 0 Å². The lowest BCUT2D eigenvalue weighted by Gasteiger charge is -1.90. The molecule has 0 unspecified atom stereocenters. The van der Waals surface area contributed by atoms with Crippen molar-refractivity contribution in [1.82, 2.24) is 19.7 Å². The first kappa shape index (κ1) is 9.73. The minimum Gasteiger partial charge on any atom is -0.382 e. The maximum Gasteiger partial charge on any atom is 0.212 e. The van der Waals surface area contributed by atoms with E-state index in [1.54, 1.807) is 23.1 Å². The lowest BCUT2D eigenvalue weighted by molar-refractivity contribution is 0.878. The summed E-state index contributed by atoms with van der Waals surface area (Å²) in [5.41, 5.74) is 6.41. The molecule has 7 heteroatoms. The Hall–Kier alpha value is -1.47. The summed E-state index contributed by atoms with van der Waals surface area (Å²) in [7, 11) is 0. The number of pyridine rings is 1. The van der Waals surface area contributed by atoms with Gasteiger partial charge in [0, 0.05) is 22.9 Å². The fourth-order valence-electron chi connectivity index (χ4n) is 1.33. The molecule has 3 aromatic heterocycles. The largest absolute Gasteiger partial charge is 0.382 e. The number of fused-ring (bicyclic) bond motifs is 1. The van der Waals surface area contributed by atoms with Crippen LogP contribution in [0.25, 0.3) is 15.5 Å². The molecule has 0 aromatic carbocycles. The standard InChI is InChI=1S/C9H6BrN5S/c10-5-3-6-8(12-4-5)16-9(13-6)15-2-1-7(11)14-15/h1-4H,(H2,11,14). The molecule has 0 atom stereocenters. The second-order valence-electron chi connectivity index (χ2n) is 3.16. The van der Waals surface area contributed by atoms with E-state index in [9.17, 15) is 0 Å². The lowest BCUT2D eigenvalue weighted by atomic mass is 10.5. The first-order valence-electron chi connectivity index (χ1n) is 4.46. The van der Waals surface area contributed by atoms with Crippen LogP contribution in [0.5, 0.6) is 0 Å². The van der Waals surface area contributed by atoms with Gasteiger partial charge in [0.1, 0.15) is 16.2 Å². The fourth-order valence-corrected chi connectivity index (χ4v) is 2.48. The summed E-state index contributed by atoms with van der Waals surface area (Å²) >= 11 is 4.84. The van der Waals surface area contributed by atoms with Crippen molar-refractivity contribution in [3.63, 3.8) is 0 Å². The average Bonchev–Trinajstić information content (AvgIpc) is 2.83. The summed E-state index contributed by atoms with van der Waals surface area (Å²) in [6.07, 6.45) is 3.53. The first-order chi connectivity index (χ1) is 7.72. The predicted molar refractivity (Wildman–Crippen MR) is 66.6 cm³/mol. The quantitative estimate of drug-likeness (QED) is 0.747. The zero-order chi connectivity index (χ0) is 11.1. The van der Waals surface area contributed by atoms with Gasteiger partial charge in [0.05, 0.1) is 0 Å². The van der Waals surface area contributed by atoms with E-state index in [2.05, 4.69) is 31.0 Å². The Bertz CT molecular complexity index is 659. The zero-order valence-corrected chi connectivity index (χ0v) is 10.4. The minimum absolute atomic E-state index is 0.480. The van der Waals surface area contributed by atoms with Crippen LogP contribution in [0, 0.1) is 0 Å². The Labute approximate surface area is 103 Å². The summed E-state index contributed by atoms with van der Waals surface area (Å²) < 4.78 is 2.56. The van der Waals surface area contributed by atoms with Crippen LogP contribution in [0.4, 0.5) is 5.82 Å². The van der Waals surface area contributed by atoms with Crippen LogP contribution in [0.3, 0.4) is 0 Å². The van der Waals surface area contributed by atoms with Crippen LogP contribution < -0.4 is 5.73 Å². The minimum atomic E-state index is 0.480. The van der Waals surface area contributed by atoms with Gasteiger partial charge in [-0.1, -0.05) is 11.3 Å². The lowest BCUT2D eigenvalue weighted by Crippen LogP contribution is -1.94. The molecule has 0 saturated heterocycles. The van der Waals surface area contributed by atoms with Crippen LogP contribution in [0.2, 0.25) is 0 Å². The van der Waals surface area contributed by atoms with Crippen molar-refractivity contribution in [3.05, 3.63) is 29.0 Å². The average molecular weight is 296 g/mol. The molecule has 0 aliphatic rings. The Balaban J connectivity index is 2.18. The highest BCUT2D eigenvalue weighted by Crippen LogP contribution is 2.24. The third-order valence-corrected chi connectivity index (χ3v) is 3.41. The molecule has 3 rings (SSSR count). The van der Waals surface area contributed by atoms with Crippen molar-refractivity contribution in [3.8, 4) is 5.13 Å². The Morgan fingerprint density at radius 3 is 3.06 bits per heavy atom. The third kappa shape index (κ3) is 1.57. The van der Waals surface area contributed by atoms with E-state index >= 15 is 0 Å². The van der Waals surface area contributed by atoms with Crippen LogP contribution in [-0.2, 0) is 0 Å².